The lowest BCUT2D eigenvalue weighted by Gasteiger charge is -2.45. The number of hydrogen-bond donors (Lipinski definition) is 0. The third-order valence-electron chi connectivity index (χ3n) is 7.91. The van der Waals surface area contributed by atoms with Crippen LogP contribution in [0.15, 0.2) is 39.8 Å². The molecule has 42 heavy (non-hydrogen) atoms. The van der Waals surface area contributed by atoms with E-state index in [0.717, 1.165) is 17.4 Å². The normalized spacial score (nSPS) is 20.6. The van der Waals surface area contributed by atoms with Crippen LogP contribution in [0.5, 0.6) is 0 Å². The minimum absolute atomic E-state index is 0.0277. The molecule has 12 heteroatoms. The van der Waals surface area contributed by atoms with Crippen LogP contribution in [0, 0.1) is 0 Å². The Hall–Kier alpha value is -3.18. The van der Waals surface area contributed by atoms with Crippen LogP contribution in [0.1, 0.15) is 90.3 Å². The highest BCUT2D eigenvalue weighted by Gasteiger charge is 2.55. The number of halogens is 6. The molecule has 3 rings (SSSR count). The second kappa shape index (κ2) is 12.2. The number of alkyl halides is 6. The summed E-state index contributed by atoms with van der Waals surface area (Å²) in [6.07, 6.45) is -6.94. The zero-order valence-corrected chi connectivity index (χ0v) is 24.7. The van der Waals surface area contributed by atoms with Gasteiger partial charge < -0.3 is 9.64 Å². The highest BCUT2D eigenvalue weighted by Crippen LogP contribution is 2.42. The first-order chi connectivity index (χ1) is 19.4. The molecule has 1 aromatic carbocycles. The summed E-state index contributed by atoms with van der Waals surface area (Å²) in [5.74, 6) is -1.60. The molecule has 1 atom stereocenters. The fourth-order valence-corrected chi connectivity index (χ4v) is 5.77. The van der Waals surface area contributed by atoms with Gasteiger partial charge in [-0.25, -0.2) is 4.79 Å². The Kier molecular flexibility index (Phi) is 9.68. The van der Waals surface area contributed by atoms with Gasteiger partial charge in [0.25, 0.3) is 0 Å². The van der Waals surface area contributed by atoms with Gasteiger partial charge in [-0.3, -0.25) is 14.8 Å². The predicted molar refractivity (Wildman–Crippen MR) is 147 cm³/mol. The molecule has 6 nitrogen and oxygen atoms in total. The first kappa shape index (κ1) is 33.3. The van der Waals surface area contributed by atoms with Crippen molar-refractivity contribution in [3.63, 3.8) is 0 Å². The molecule has 0 spiro atoms. The second-order valence-corrected chi connectivity index (χ2v) is 10.9. The van der Waals surface area contributed by atoms with Gasteiger partial charge in [0.2, 0.25) is 5.91 Å². The Balaban J connectivity index is 2.35. The minimum Gasteiger partial charge on any atom is -0.461 e. The number of amides is 1. The fraction of sp³-hybridized carbons (Fsp3) is 0.600. The van der Waals surface area contributed by atoms with Crippen molar-refractivity contribution < 1.29 is 40.7 Å². The largest absolute Gasteiger partial charge is 0.461 e. The average molecular weight is 602 g/mol. The number of rotatable bonds is 8. The highest BCUT2D eigenvalue weighted by molar-refractivity contribution is 6.53. The minimum atomic E-state index is -5.08. The Bertz CT molecular complexity index is 1260. The van der Waals surface area contributed by atoms with Gasteiger partial charge in [0, 0.05) is 20.0 Å². The van der Waals surface area contributed by atoms with E-state index in [2.05, 4.69) is 4.99 Å². The standard InChI is InChI=1S/C30H37F6N3O3/c1-7-21-16-24-25(38-27(21,8-2)9-3)28(11-10-12-37-24,26(41)42-18(4)5)39(19(6)40)17-20-13-22(29(31,32)33)15-23(14-20)30(34,35)36/h13-16,18H,7-12,17H2,1-6H3. The molecule has 0 aliphatic carbocycles. The molecule has 232 valence electrons. The molecule has 0 N–H and O–H groups in total. The van der Waals surface area contributed by atoms with Crippen LogP contribution in [0.3, 0.4) is 0 Å². The number of hydrogen-bond acceptors (Lipinski definition) is 5. The Morgan fingerprint density at radius 1 is 1.00 bits per heavy atom. The first-order valence-corrected chi connectivity index (χ1v) is 14.1. The SMILES string of the molecule is CCC1=CC2=NCCCC(C(=O)OC(C)C)(N(Cc3cc(C(F)(F)F)cc(C(F)(F)F)c3)C(C)=O)C2=NC1(CC)CC. The molecule has 0 bridgehead atoms. The lowest BCUT2D eigenvalue weighted by atomic mass is 9.75. The van der Waals surface area contributed by atoms with Crippen LogP contribution in [-0.4, -0.2) is 51.9 Å². The summed E-state index contributed by atoms with van der Waals surface area (Å²) >= 11 is 0. The van der Waals surface area contributed by atoms with Crippen molar-refractivity contribution in [1.29, 1.82) is 0 Å². The lowest BCUT2D eigenvalue weighted by Crippen LogP contribution is -2.64. The molecule has 1 unspecified atom stereocenters. The maximum atomic E-state index is 14.1. The third-order valence-corrected chi connectivity index (χ3v) is 7.91. The molecule has 0 saturated carbocycles. The number of aliphatic imine (C=N–C) groups is 2. The molecule has 0 radical (unpaired) electrons. The lowest BCUT2D eigenvalue weighted by molar-refractivity contribution is -0.163. The van der Waals surface area contributed by atoms with Gasteiger partial charge in [0.05, 0.1) is 34.2 Å². The number of carbonyl (C=O) groups excluding carboxylic acids is 2. The fourth-order valence-electron chi connectivity index (χ4n) is 5.77. The molecule has 0 fully saturated rings. The zero-order chi connectivity index (χ0) is 31.7. The van der Waals surface area contributed by atoms with Crippen LogP contribution in [0.2, 0.25) is 0 Å². The summed E-state index contributed by atoms with van der Waals surface area (Å²) in [5, 5.41) is 0. The summed E-state index contributed by atoms with van der Waals surface area (Å²) in [7, 11) is 0. The second-order valence-electron chi connectivity index (χ2n) is 10.9. The number of dihydropyridines is 1. The molecule has 1 aromatic rings. The van der Waals surface area contributed by atoms with Crippen LogP contribution >= 0.6 is 0 Å². The van der Waals surface area contributed by atoms with Gasteiger partial charge in [0.15, 0.2) is 5.54 Å². The van der Waals surface area contributed by atoms with E-state index in [4.69, 9.17) is 9.73 Å². The van der Waals surface area contributed by atoms with E-state index in [0.29, 0.717) is 37.1 Å². The molecule has 0 aromatic heterocycles. The van der Waals surface area contributed by atoms with Crippen molar-refractivity contribution in [2.24, 2.45) is 9.98 Å². The number of nitrogens with zero attached hydrogens (tertiary/aromatic N) is 3. The molecular formula is C30H37F6N3O3. The maximum absolute atomic E-state index is 14.1. The van der Waals surface area contributed by atoms with E-state index in [9.17, 15) is 35.9 Å². The number of carbonyl (C=O) groups is 2. The van der Waals surface area contributed by atoms with Crippen LogP contribution in [0.25, 0.3) is 0 Å². The van der Waals surface area contributed by atoms with E-state index in [1.54, 1.807) is 13.8 Å². The summed E-state index contributed by atoms with van der Waals surface area (Å²) in [5.41, 5.74) is -4.67. The van der Waals surface area contributed by atoms with Gasteiger partial charge in [-0.15, -0.1) is 0 Å². The van der Waals surface area contributed by atoms with E-state index in [1.165, 1.54) is 0 Å². The van der Waals surface area contributed by atoms with Gasteiger partial charge in [-0.2, -0.15) is 26.3 Å². The van der Waals surface area contributed by atoms with E-state index in [-0.39, 0.29) is 31.2 Å². The van der Waals surface area contributed by atoms with E-state index in [1.807, 2.05) is 26.8 Å². The Morgan fingerprint density at radius 3 is 2.02 bits per heavy atom. The number of allylic oxidation sites excluding steroid dienone is 1. The van der Waals surface area contributed by atoms with Crippen molar-refractivity contribution in [2.75, 3.05) is 6.54 Å². The maximum Gasteiger partial charge on any atom is 0.416 e. The van der Waals surface area contributed by atoms with Crippen molar-refractivity contribution in [3.05, 3.63) is 46.5 Å². The molecule has 1 amide bonds. The highest BCUT2D eigenvalue weighted by atomic mass is 19.4. The number of benzene rings is 1. The smallest absolute Gasteiger partial charge is 0.416 e. The third kappa shape index (κ3) is 6.41. The Labute approximate surface area is 241 Å². The Morgan fingerprint density at radius 2 is 1.57 bits per heavy atom. The van der Waals surface area contributed by atoms with Crippen LogP contribution < -0.4 is 0 Å². The van der Waals surface area contributed by atoms with E-state index < -0.39 is 64.6 Å². The van der Waals surface area contributed by atoms with Crippen molar-refractivity contribution in [2.45, 2.75) is 110 Å². The summed E-state index contributed by atoms with van der Waals surface area (Å²) in [6, 6.07) is 1.16. The summed E-state index contributed by atoms with van der Waals surface area (Å²) in [6.45, 7) is 9.73. The number of ether oxygens (including phenoxy) is 1. The topological polar surface area (TPSA) is 71.3 Å². The molecule has 2 heterocycles. The van der Waals surface area contributed by atoms with Gasteiger partial charge in [-0.05, 0) is 81.4 Å². The summed E-state index contributed by atoms with van der Waals surface area (Å²) in [4.78, 5) is 38.2. The monoisotopic (exact) mass is 601 g/mol. The van der Waals surface area contributed by atoms with Crippen molar-refractivity contribution in [3.8, 4) is 0 Å². The van der Waals surface area contributed by atoms with Crippen molar-refractivity contribution >= 4 is 23.3 Å². The number of esters is 1. The zero-order valence-electron chi connectivity index (χ0n) is 24.7. The van der Waals surface area contributed by atoms with Gasteiger partial charge in [-0.1, -0.05) is 20.8 Å². The van der Waals surface area contributed by atoms with Crippen LogP contribution in [0.4, 0.5) is 26.3 Å². The molecule has 0 saturated heterocycles. The number of fused-ring (bicyclic) bond motifs is 1. The quantitative estimate of drug-likeness (QED) is 0.231. The van der Waals surface area contributed by atoms with Crippen molar-refractivity contribution in [1.82, 2.24) is 4.90 Å². The van der Waals surface area contributed by atoms with Gasteiger partial charge >= 0.3 is 18.3 Å². The average Bonchev–Trinajstić information content (AvgIpc) is 3.08. The molecule has 2 aliphatic rings. The summed E-state index contributed by atoms with van der Waals surface area (Å²) < 4.78 is 87.7. The predicted octanol–water partition coefficient (Wildman–Crippen LogP) is 7.35. The first-order valence-electron chi connectivity index (χ1n) is 14.1. The molecular weight excluding hydrogens is 564 g/mol. The van der Waals surface area contributed by atoms with Crippen LogP contribution in [-0.2, 0) is 33.2 Å². The molecule has 2 aliphatic heterocycles. The van der Waals surface area contributed by atoms with Gasteiger partial charge in [0.1, 0.15) is 0 Å². The van der Waals surface area contributed by atoms with E-state index >= 15 is 0 Å².